The van der Waals surface area contributed by atoms with E-state index in [1.165, 1.54) is 17.7 Å². The van der Waals surface area contributed by atoms with Gasteiger partial charge in [-0.25, -0.2) is 4.79 Å². The lowest BCUT2D eigenvalue weighted by molar-refractivity contribution is 0.165. The molecule has 1 aliphatic rings. The fourth-order valence-electron chi connectivity index (χ4n) is 2.33. The topological polar surface area (TPSA) is 23.6 Å². The smallest absolute Gasteiger partial charge is 0.319 e. The highest BCUT2D eigenvalue weighted by Gasteiger charge is 2.18. The molecule has 1 saturated heterocycles. The Balaban J connectivity index is 1.79. The lowest BCUT2D eigenvalue weighted by Crippen LogP contribution is -2.42. The average Bonchev–Trinajstić information content (AvgIpc) is 2.75. The fourth-order valence-corrected chi connectivity index (χ4v) is 3.03. The van der Waals surface area contributed by atoms with E-state index in [2.05, 4.69) is 17.5 Å². The van der Waals surface area contributed by atoms with Gasteiger partial charge in [-0.2, -0.15) is 0 Å². The Morgan fingerprint density at radius 1 is 1.33 bits per heavy atom. The van der Waals surface area contributed by atoms with Crippen LogP contribution in [-0.2, 0) is 6.42 Å². The second-order valence-electron chi connectivity index (χ2n) is 4.93. The molecule has 2 amide bonds. The highest BCUT2D eigenvalue weighted by molar-refractivity contribution is 7.09. The first kappa shape index (κ1) is 13.4. The molecule has 0 aliphatic carbocycles. The van der Waals surface area contributed by atoms with Gasteiger partial charge in [-0.15, -0.1) is 11.3 Å². The van der Waals surface area contributed by atoms with Gasteiger partial charge in [-0.1, -0.05) is 18.9 Å². The summed E-state index contributed by atoms with van der Waals surface area (Å²) in [5, 5.41) is 2.09. The predicted octanol–water partition coefficient (Wildman–Crippen LogP) is 3.22. The van der Waals surface area contributed by atoms with Gasteiger partial charge in [0.15, 0.2) is 0 Å². The van der Waals surface area contributed by atoms with Crippen LogP contribution in [0.15, 0.2) is 17.5 Å². The van der Waals surface area contributed by atoms with Crippen molar-refractivity contribution >= 4 is 17.4 Å². The Morgan fingerprint density at radius 3 is 2.67 bits per heavy atom. The Bertz CT molecular complexity index is 356. The fraction of sp³-hybridized carbons (Fsp3) is 0.643. The van der Waals surface area contributed by atoms with Crippen molar-refractivity contribution in [3.63, 3.8) is 0 Å². The molecule has 100 valence electrons. The minimum Gasteiger partial charge on any atom is -0.327 e. The molecule has 1 aromatic heterocycles. The number of carbonyl (C=O) groups excluding carboxylic acids is 1. The van der Waals surface area contributed by atoms with Crippen molar-refractivity contribution in [1.29, 1.82) is 0 Å². The molecule has 2 rings (SSSR count). The van der Waals surface area contributed by atoms with Crippen molar-refractivity contribution in [1.82, 2.24) is 9.80 Å². The van der Waals surface area contributed by atoms with Gasteiger partial charge in [0, 0.05) is 31.6 Å². The van der Waals surface area contributed by atoms with Gasteiger partial charge in [-0.3, -0.25) is 0 Å². The Labute approximate surface area is 113 Å². The number of likely N-dealkylation sites (N-methyl/N-ethyl adjacent to an activating group) is 1. The second kappa shape index (κ2) is 6.78. The average molecular weight is 266 g/mol. The molecule has 0 unspecified atom stereocenters. The predicted molar refractivity (Wildman–Crippen MR) is 76.1 cm³/mol. The molecule has 0 aromatic carbocycles. The van der Waals surface area contributed by atoms with E-state index in [0.29, 0.717) is 0 Å². The summed E-state index contributed by atoms with van der Waals surface area (Å²) >= 11 is 1.76. The summed E-state index contributed by atoms with van der Waals surface area (Å²) in [4.78, 5) is 17.5. The summed E-state index contributed by atoms with van der Waals surface area (Å²) in [7, 11) is 1.92. The minimum atomic E-state index is 0.202. The normalized spacial score (nSPS) is 16.4. The zero-order valence-corrected chi connectivity index (χ0v) is 11.9. The molecular weight excluding hydrogens is 244 g/mol. The lowest BCUT2D eigenvalue weighted by atomic mass is 10.2. The Morgan fingerprint density at radius 2 is 2.06 bits per heavy atom. The van der Waals surface area contributed by atoms with Crippen LogP contribution in [-0.4, -0.2) is 42.5 Å². The number of rotatable bonds is 3. The summed E-state index contributed by atoms with van der Waals surface area (Å²) in [6.45, 7) is 2.68. The first-order valence-electron chi connectivity index (χ1n) is 6.80. The lowest BCUT2D eigenvalue weighted by Gasteiger charge is -2.27. The van der Waals surface area contributed by atoms with Gasteiger partial charge in [-0.05, 0) is 30.7 Å². The Hall–Kier alpha value is -1.03. The van der Waals surface area contributed by atoms with Crippen LogP contribution in [0.5, 0.6) is 0 Å². The molecule has 0 N–H and O–H groups in total. The molecule has 18 heavy (non-hydrogen) atoms. The van der Waals surface area contributed by atoms with E-state index in [-0.39, 0.29) is 6.03 Å². The third kappa shape index (κ3) is 3.73. The summed E-state index contributed by atoms with van der Waals surface area (Å²) in [6.07, 6.45) is 5.81. The van der Waals surface area contributed by atoms with Crippen molar-refractivity contribution in [2.45, 2.75) is 32.1 Å². The largest absolute Gasteiger partial charge is 0.327 e. The van der Waals surface area contributed by atoms with E-state index in [0.717, 1.165) is 38.9 Å². The molecule has 1 aliphatic heterocycles. The molecule has 0 saturated carbocycles. The van der Waals surface area contributed by atoms with Crippen molar-refractivity contribution in [3.05, 3.63) is 22.4 Å². The third-order valence-electron chi connectivity index (χ3n) is 3.48. The number of nitrogens with zero attached hydrogens (tertiary/aromatic N) is 2. The standard InChI is InChI=1S/C14H22N2OS/c1-15(11-8-13-7-6-12-18-13)14(17)16-9-4-2-3-5-10-16/h6-7,12H,2-5,8-11H2,1H3. The van der Waals surface area contributed by atoms with Crippen LogP contribution in [0.3, 0.4) is 0 Å². The van der Waals surface area contributed by atoms with E-state index in [1.807, 2.05) is 16.8 Å². The van der Waals surface area contributed by atoms with E-state index in [4.69, 9.17) is 0 Å². The molecule has 1 aromatic rings. The summed E-state index contributed by atoms with van der Waals surface area (Å²) in [6, 6.07) is 4.40. The number of likely N-dealkylation sites (tertiary alicyclic amines) is 1. The maximum Gasteiger partial charge on any atom is 0.319 e. The molecule has 1 fully saturated rings. The van der Waals surface area contributed by atoms with Gasteiger partial charge < -0.3 is 9.80 Å². The third-order valence-corrected chi connectivity index (χ3v) is 4.41. The molecular formula is C14H22N2OS. The molecule has 0 atom stereocenters. The van der Waals surface area contributed by atoms with Crippen molar-refractivity contribution in [2.24, 2.45) is 0 Å². The van der Waals surface area contributed by atoms with Crippen LogP contribution in [0.1, 0.15) is 30.6 Å². The summed E-state index contributed by atoms with van der Waals surface area (Å²) in [5.74, 6) is 0. The molecule has 2 heterocycles. The molecule has 3 nitrogen and oxygen atoms in total. The van der Waals surface area contributed by atoms with Crippen LogP contribution < -0.4 is 0 Å². The van der Waals surface area contributed by atoms with Gasteiger partial charge >= 0.3 is 6.03 Å². The van der Waals surface area contributed by atoms with Crippen molar-refractivity contribution in [3.8, 4) is 0 Å². The zero-order valence-electron chi connectivity index (χ0n) is 11.1. The highest BCUT2D eigenvalue weighted by Crippen LogP contribution is 2.13. The number of urea groups is 1. The monoisotopic (exact) mass is 266 g/mol. The van der Waals surface area contributed by atoms with Crippen LogP contribution in [0.4, 0.5) is 4.79 Å². The first-order chi connectivity index (χ1) is 8.77. The maximum absolute atomic E-state index is 12.3. The number of hydrogen-bond donors (Lipinski definition) is 0. The van der Waals surface area contributed by atoms with Gasteiger partial charge in [0.05, 0.1) is 0 Å². The van der Waals surface area contributed by atoms with E-state index in [9.17, 15) is 4.79 Å². The summed E-state index contributed by atoms with van der Waals surface area (Å²) < 4.78 is 0. The number of hydrogen-bond acceptors (Lipinski definition) is 2. The van der Waals surface area contributed by atoms with Crippen LogP contribution in [0.25, 0.3) is 0 Å². The quantitative estimate of drug-likeness (QED) is 0.824. The van der Waals surface area contributed by atoms with Crippen molar-refractivity contribution < 1.29 is 4.79 Å². The van der Waals surface area contributed by atoms with Crippen LogP contribution in [0, 0.1) is 0 Å². The number of thiophene rings is 1. The zero-order chi connectivity index (χ0) is 12.8. The van der Waals surface area contributed by atoms with Gasteiger partial charge in [0.1, 0.15) is 0 Å². The molecule has 0 spiro atoms. The van der Waals surface area contributed by atoms with Crippen LogP contribution >= 0.6 is 11.3 Å². The van der Waals surface area contributed by atoms with Crippen molar-refractivity contribution in [2.75, 3.05) is 26.7 Å². The van der Waals surface area contributed by atoms with Crippen LogP contribution in [0.2, 0.25) is 0 Å². The number of carbonyl (C=O) groups is 1. The second-order valence-corrected chi connectivity index (χ2v) is 5.97. The Kier molecular flexibility index (Phi) is 5.05. The maximum atomic E-state index is 12.3. The SMILES string of the molecule is CN(CCc1cccs1)C(=O)N1CCCCCC1. The van der Waals surface area contributed by atoms with E-state index >= 15 is 0 Å². The molecule has 0 radical (unpaired) electrons. The van der Waals surface area contributed by atoms with E-state index < -0.39 is 0 Å². The first-order valence-corrected chi connectivity index (χ1v) is 7.68. The van der Waals surface area contributed by atoms with E-state index in [1.54, 1.807) is 11.3 Å². The number of amides is 2. The summed E-state index contributed by atoms with van der Waals surface area (Å²) in [5.41, 5.74) is 0. The molecule has 0 bridgehead atoms. The van der Waals surface area contributed by atoms with Gasteiger partial charge in [0.2, 0.25) is 0 Å². The highest BCUT2D eigenvalue weighted by atomic mass is 32.1. The molecule has 4 heteroatoms. The minimum absolute atomic E-state index is 0.202. The van der Waals surface area contributed by atoms with Gasteiger partial charge in [0.25, 0.3) is 0 Å².